The van der Waals surface area contributed by atoms with Crippen molar-refractivity contribution in [2.45, 2.75) is 33.2 Å². The molecule has 0 atom stereocenters. The van der Waals surface area contributed by atoms with E-state index in [0.717, 1.165) is 36.0 Å². The van der Waals surface area contributed by atoms with Crippen LogP contribution < -0.4 is 0 Å². The number of aryl methyl sites for hydroxylation is 4. The van der Waals surface area contributed by atoms with Gasteiger partial charge in [-0.15, -0.1) is 0 Å². The number of rotatable bonds is 5. The molecule has 6 nitrogen and oxygen atoms in total. The highest BCUT2D eigenvalue weighted by Gasteiger charge is 2.13. The summed E-state index contributed by atoms with van der Waals surface area (Å²) < 4.78 is 6.68. The summed E-state index contributed by atoms with van der Waals surface area (Å²) in [6, 6.07) is 10.4. The van der Waals surface area contributed by atoms with E-state index in [9.17, 15) is 0 Å². The first-order valence-electron chi connectivity index (χ1n) is 6.94. The molecule has 0 N–H and O–H groups in total. The van der Waals surface area contributed by atoms with Gasteiger partial charge < -0.3 is 0 Å². The van der Waals surface area contributed by atoms with Crippen LogP contribution in [0.3, 0.4) is 0 Å². The molecule has 0 amide bonds. The average Bonchev–Trinajstić information content (AvgIpc) is 3.05. The van der Waals surface area contributed by atoms with E-state index < -0.39 is 0 Å². The molecule has 2 aromatic heterocycles. The molecule has 21 heavy (non-hydrogen) atoms. The van der Waals surface area contributed by atoms with Crippen molar-refractivity contribution in [2.24, 2.45) is 0 Å². The highest BCUT2D eigenvalue weighted by molar-refractivity contribution is 5.15. The molecular weight excluding hydrogens is 266 g/mol. The highest BCUT2D eigenvalue weighted by atomic mass is 16.6. The van der Waals surface area contributed by atoms with Gasteiger partial charge in [-0.25, -0.2) is 14.3 Å². The molecule has 3 rings (SSSR count). The summed E-state index contributed by atoms with van der Waals surface area (Å²) in [5.41, 5.74) is 2.89. The molecule has 0 bridgehead atoms. The molecule has 2 heterocycles. The summed E-state index contributed by atoms with van der Waals surface area (Å²) in [6.07, 6.45) is 1.51. The number of hydrogen-bond acceptors (Lipinski definition) is 5. The summed E-state index contributed by atoms with van der Waals surface area (Å²) in [6.45, 7) is 4.57. The Kier molecular flexibility index (Phi) is 3.77. The molecule has 0 spiro atoms. The molecule has 0 aliphatic carbocycles. The van der Waals surface area contributed by atoms with Crippen LogP contribution >= 0.6 is 0 Å². The zero-order valence-corrected chi connectivity index (χ0v) is 12.2. The predicted molar refractivity (Wildman–Crippen MR) is 76.7 cm³/mol. The van der Waals surface area contributed by atoms with E-state index in [0.29, 0.717) is 6.42 Å². The average molecular weight is 283 g/mol. The molecular formula is C15H17N5O. The van der Waals surface area contributed by atoms with E-state index in [4.69, 9.17) is 4.63 Å². The minimum Gasteiger partial charge on any atom is -0.249 e. The summed E-state index contributed by atoms with van der Waals surface area (Å²) in [5.74, 6) is 1.66. The molecule has 0 aliphatic rings. The van der Waals surface area contributed by atoms with Crippen LogP contribution in [0, 0.1) is 13.8 Å². The monoisotopic (exact) mass is 283 g/mol. The number of hydrogen-bond donors (Lipinski definition) is 0. The van der Waals surface area contributed by atoms with Crippen molar-refractivity contribution in [1.82, 2.24) is 25.1 Å². The molecule has 0 saturated heterocycles. The Morgan fingerprint density at radius 3 is 2.62 bits per heavy atom. The third-order valence-corrected chi connectivity index (χ3v) is 3.38. The lowest BCUT2D eigenvalue weighted by atomic mass is 10.1. The van der Waals surface area contributed by atoms with E-state index in [2.05, 4.69) is 32.5 Å². The topological polar surface area (TPSA) is 69.6 Å². The van der Waals surface area contributed by atoms with Gasteiger partial charge in [0.2, 0.25) is 0 Å². The molecule has 0 unspecified atom stereocenters. The van der Waals surface area contributed by atoms with E-state index in [1.54, 1.807) is 0 Å². The van der Waals surface area contributed by atoms with Gasteiger partial charge >= 0.3 is 0 Å². The zero-order valence-electron chi connectivity index (χ0n) is 12.2. The smallest absolute Gasteiger partial charge is 0.147 e. The Balaban J connectivity index is 1.75. The lowest BCUT2D eigenvalue weighted by Gasteiger charge is -2.05. The van der Waals surface area contributed by atoms with Gasteiger partial charge in [-0.1, -0.05) is 40.6 Å². The van der Waals surface area contributed by atoms with Crippen molar-refractivity contribution in [3.8, 4) is 0 Å². The van der Waals surface area contributed by atoms with Crippen molar-refractivity contribution in [3.63, 3.8) is 0 Å². The van der Waals surface area contributed by atoms with Crippen LogP contribution in [-0.2, 0) is 19.4 Å². The highest BCUT2D eigenvalue weighted by Crippen LogP contribution is 2.10. The Hall–Kier alpha value is -2.50. The number of benzene rings is 1. The van der Waals surface area contributed by atoms with Crippen LogP contribution in [0.25, 0.3) is 0 Å². The molecule has 6 heteroatoms. The van der Waals surface area contributed by atoms with Gasteiger partial charge in [0.1, 0.15) is 23.0 Å². The standard InChI is InChI=1S/C15H17N5O/c1-11-14(19-21-18-11)10-15-16-12(2)17-20(15)9-8-13-6-4-3-5-7-13/h3-7H,8-10H2,1-2H3. The summed E-state index contributed by atoms with van der Waals surface area (Å²) >= 11 is 0. The van der Waals surface area contributed by atoms with Gasteiger partial charge in [-0.05, 0) is 25.8 Å². The lowest BCUT2D eigenvalue weighted by molar-refractivity contribution is 0.301. The second kappa shape index (κ2) is 5.87. The third-order valence-electron chi connectivity index (χ3n) is 3.38. The van der Waals surface area contributed by atoms with E-state index in [-0.39, 0.29) is 0 Å². The lowest BCUT2D eigenvalue weighted by Crippen LogP contribution is -2.09. The van der Waals surface area contributed by atoms with Gasteiger partial charge in [0.25, 0.3) is 0 Å². The minimum atomic E-state index is 0.588. The number of aromatic nitrogens is 5. The molecule has 0 fully saturated rings. The predicted octanol–water partition coefficient (Wildman–Crippen LogP) is 2.11. The van der Waals surface area contributed by atoms with Crippen LogP contribution in [0.2, 0.25) is 0 Å². The minimum absolute atomic E-state index is 0.588. The fraction of sp³-hybridized carbons (Fsp3) is 0.333. The largest absolute Gasteiger partial charge is 0.249 e. The maximum absolute atomic E-state index is 4.74. The molecule has 108 valence electrons. The van der Waals surface area contributed by atoms with Gasteiger partial charge in [-0.3, -0.25) is 0 Å². The van der Waals surface area contributed by atoms with E-state index in [1.165, 1.54) is 5.56 Å². The normalized spacial score (nSPS) is 11.0. The van der Waals surface area contributed by atoms with Crippen molar-refractivity contribution in [3.05, 3.63) is 58.9 Å². The van der Waals surface area contributed by atoms with Crippen LogP contribution in [0.1, 0.15) is 28.6 Å². The summed E-state index contributed by atoms with van der Waals surface area (Å²) in [7, 11) is 0. The first-order chi connectivity index (χ1) is 10.2. The van der Waals surface area contributed by atoms with Gasteiger partial charge in [-0.2, -0.15) is 5.10 Å². The van der Waals surface area contributed by atoms with Gasteiger partial charge in [0.05, 0.1) is 6.42 Å². The van der Waals surface area contributed by atoms with Crippen molar-refractivity contribution in [1.29, 1.82) is 0 Å². The summed E-state index contributed by atoms with van der Waals surface area (Å²) in [4.78, 5) is 4.48. The maximum Gasteiger partial charge on any atom is 0.147 e. The molecule has 3 aromatic rings. The molecule has 0 saturated carbocycles. The van der Waals surface area contributed by atoms with Crippen LogP contribution in [-0.4, -0.2) is 25.1 Å². The Morgan fingerprint density at radius 2 is 1.90 bits per heavy atom. The number of nitrogens with zero attached hydrogens (tertiary/aromatic N) is 5. The quantitative estimate of drug-likeness (QED) is 0.717. The molecule has 1 aromatic carbocycles. The summed E-state index contributed by atoms with van der Waals surface area (Å²) in [5, 5.41) is 12.2. The van der Waals surface area contributed by atoms with Gasteiger partial charge in [0.15, 0.2) is 0 Å². The van der Waals surface area contributed by atoms with Crippen molar-refractivity contribution < 1.29 is 4.63 Å². The third kappa shape index (κ3) is 3.16. The van der Waals surface area contributed by atoms with E-state index in [1.807, 2.05) is 36.7 Å². The first kappa shape index (κ1) is 13.5. The Bertz CT molecular complexity index is 717. The molecule has 0 radical (unpaired) electrons. The van der Waals surface area contributed by atoms with Crippen molar-refractivity contribution >= 4 is 0 Å². The van der Waals surface area contributed by atoms with Gasteiger partial charge in [0, 0.05) is 6.54 Å². The van der Waals surface area contributed by atoms with Crippen LogP contribution in [0.5, 0.6) is 0 Å². The maximum atomic E-state index is 4.74. The molecule has 0 aliphatic heterocycles. The Morgan fingerprint density at radius 1 is 1.10 bits per heavy atom. The first-order valence-corrected chi connectivity index (χ1v) is 6.94. The fourth-order valence-electron chi connectivity index (χ4n) is 2.25. The zero-order chi connectivity index (χ0) is 14.7. The van der Waals surface area contributed by atoms with E-state index >= 15 is 0 Å². The fourth-order valence-corrected chi connectivity index (χ4v) is 2.25. The van der Waals surface area contributed by atoms with Crippen LogP contribution in [0.4, 0.5) is 0 Å². The van der Waals surface area contributed by atoms with Crippen LogP contribution in [0.15, 0.2) is 35.0 Å². The Labute approximate surface area is 122 Å². The second-order valence-electron chi connectivity index (χ2n) is 5.01. The van der Waals surface area contributed by atoms with Crippen molar-refractivity contribution in [2.75, 3.05) is 0 Å². The second-order valence-corrected chi connectivity index (χ2v) is 5.01. The SMILES string of the molecule is Cc1nc(Cc2nonc2C)n(CCc2ccccc2)n1.